The van der Waals surface area contributed by atoms with Crippen molar-refractivity contribution in [2.24, 2.45) is 0 Å². The van der Waals surface area contributed by atoms with Crippen molar-refractivity contribution < 1.29 is 4.79 Å². The van der Waals surface area contributed by atoms with E-state index in [9.17, 15) is 4.79 Å². The summed E-state index contributed by atoms with van der Waals surface area (Å²) in [6, 6.07) is 13.4. The van der Waals surface area contributed by atoms with Gasteiger partial charge in [0, 0.05) is 5.54 Å². The molecular weight excluding hydrogens is 348 g/mol. The van der Waals surface area contributed by atoms with Gasteiger partial charge in [-0.1, -0.05) is 28.7 Å². The Hall–Kier alpha value is -3.00. The van der Waals surface area contributed by atoms with Crippen LogP contribution >= 0.6 is 11.3 Å². The second-order valence-corrected chi connectivity index (χ2v) is 8.02. The number of para-hydroxylation sites is 1. The smallest absolute Gasteiger partial charge is 0.321 e. The lowest BCUT2D eigenvalue weighted by Gasteiger charge is -2.19. The van der Waals surface area contributed by atoms with Crippen LogP contribution < -0.4 is 10.6 Å². The maximum Gasteiger partial charge on any atom is 0.321 e. The highest BCUT2D eigenvalue weighted by molar-refractivity contribution is 7.22. The largest absolute Gasteiger partial charge is 0.333 e. The van der Waals surface area contributed by atoms with E-state index in [1.165, 1.54) is 11.3 Å². The minimum absolute atomic E-state index is 0.265. The van der Waals surface area contributed by atoms with Crippen molar-refractivity contribution >= 4 is 43.7 Å². The SMILES string of the molecule is CC(C)(C)NC(=O)Nc1nc2cc(-n3nnc4ccccc43)ccc2s1. The molecule has 0 aliphatic heterocycles. The number of aromatic nitrogens is 4. The zero-order chi connectivity index (χ0) is 18.3. The second kappa shape index (κ2) is 6.06. The Bertz CT molecular complexity index is 1110. The average Bonchev–Trinajstić information content (AvgIpc) is 3.15. The highest BCUT2D eigenvalue weighted by Gasteiger charge is 2.15. The van der Waals surface area contributed by atoms with Crippen molar-refractivity contribution in [2.75, 3.05) is 5.32 Å². The Labute approximate surface area is 154 Å². The third-order valence-corrected chi connectivity index (χ3v) is 4.63. The van der Waals surface area contributed by atoms with Gasteiger partial charge >= 0.3 is 6.03 Å². The molecule has 0 bridgehead atoms. The molecule has 7 nitrogen and oxygen atoms in total. The second-order valence-electron chi connectivity index (χ2n) is 6.99. The van der Waals surface area contributed by atoms with Crippen LogP contribution in [0.5, 0.6) is 0 Å². The Morgan fingerprint density at radius 1 is 1.12 bits per heavy atom. The molecule has 8 heteroatoms. The summed E-state index contributed by atoms with van der Waals surface area (Å²) in [4.78, 5) is 16.5. The number of benzene rings is 2. The number of hydrogen-bond donors (Lipinski definition) is 2. The molecule has 0 radical (unpaired) electrons. The molecular formula is C18H18N6OS. The van der Waals surface area contributed by atoms with Gasteiger partial charge in [-0.25, -0.2) is 14.5 Å². The van der Waals surface area contributed by atoms with Gasteiger partial charge < -0.3 is 5.32 Å². The topological polar surface area (TPSA) is 84.7 Å². The summed E-state index contributed by atoms with van der Waals surface area (Å²) in [5.74, 6) is 0. The van der Waals surface area contributed by atoms with Gasteiger partial charge in [-0.2, -0.15) is 0 Å². The first-order chi connectivity index (χ1) is 12.4. The van der Waals surface area contributed by atoms with E-state index in [2.05, 4.69) is 25.9 Å². The molecule has 2 aromatic carbocycles. The highest BCUT2D eigenvalue weighted by atomic mass is 32.1. The summed E-state index contributed by atoms with van der Waals surface area (Å²) < 4.78 is 2.78. The molecule has 0 aliphatic carbocycles. The molecule has 0 saturated heterocycles. The first-order valence-corrected chi connectivity index (χ1v) is 9.01. The predicted octanol–water partition coefficient (Wildman–Crippen LogP) is 3.95. The van der Waals surface area contributed by atoms with Crippen molar-refractivity contribution in [2.45, 2.75) is 26.3 Å². The number of rotatable bonds is 2. The van der Waals surface area contributed by atoms with E-state index in [0.717, 1.165) is 26.9 Å². The van der Waals surface area contributed by atoms with Gasteiger partial charge in [0.1, 0.15) is 5.52 Å². The minimum atomic E-state index is -0.303. The molecule has 4 rings (SSSR count). The van der Waals surface area contributed by atoms with E-state index in [-0.39, 0.29) is 11.6 Å². The molecule has 0 aliphatic rings. The third kappa shape index (κ3) is 3.23. The molecule has 2 aromatic heterocycles. The van der Waals surface area contributed by atoms with Gasteiger partial charge in [0.05, 0.1) is 21.4 Å². The van der Waals surface area contributed by atoms with Crippen LogP contribution in [0, 0.1) is 0 Å². The number of nitrogens with one attached hydrogen (secondary N) is 2. The fourth-order valence-electron chi connectivity index (χ4n) is 2.63. The molecule has 0 saturated carbocycles. The molecule has 4 aromatic rings. The fraction of sp³-hybridized carbons (Fsp3) is 0.222. The maximum absolute atomic E-state index is 12.0. The van der Waals surface area contributed by atoms with Gasteiger partial charge in [-0.05, 0) is 51.1 Å². The first-order valence-electron chi connectivity index (χ1n) is 8.20. The van der Waals surface area contributed by atoms with Crippen LogP contribution in [0.25, 0.3) is 26.9 Å². The summed E-state index contributed by atoms with van der Waals surface area (Å²) in [7, 11) is 0. The number of urea groups is 1. The highest BCUT2D eigenvalue weighted by Crippen LogP contribution is 2.28. The van der Waals surface area contributed by atoms with Crippen molar-refractivity contribution in [3.63, 3.8) is 0 Å². The van der Waals surface area contributed by atoms with Gasteiger partial charge in [-0.15, -0.1) is 5.10 Å². The number of carbonyl (C=O) groups excluding carboxylic acids is 1. The summed E-state index contributed by atoms with van der Waals surface area (Å²) in [6.45, 7) is 5.79. The molecule has 2 heterocycles. The van der Waals surface area contributed by atoms with Gasteiger partial charge in [0.25, 0.3) is 0 Å². The maximum atomic E-state index is 12.0. The molecule has 132 valence electrons. The lowest BCUT2D eigenvalue weighted by atomic mass is 10.1. The van der Waals surface area contributed by atoms with Crippen LogP contribution in [-0.2, 0) is 0 Å². The normalized spacial score (nSPS) is 11.8. The lowest BCUT2D eigenvalue weighted by molar-refractivity contribution is 0.244. The van der Waals surface area contributed by atoms with Crippen LogP contribution in [0.2, 0.25) is 0 Å². The predicted molar refractivity (Wildman–Crippen MR) is 104 cm³/mol. The third-order valence-electron chi connectivity index (χ3n) is 3.68. The number of anilines is 1. The molecule has 0 unspecified atom stereocenters. The molecule has 0 atom stereocenters. The number of amides is 2. The molecule has 2 amide bonds. The van der Waals surface area contributed by atoms with Crippen LogP contribution in [-0.4, -0.2) is 31.5 Å². The van der Waals surface area contributed by atoms with Crippen LogP contribution in [0.1, 0.15) is 20.8 Å². The number of thiazole rings is 1. The van der Waals surface area contributed by atoms with Crippen molar-refractivity contribution in [1.29, 1.82) is 0 Å². The Morgan fingerprint density at radius 3 is 2.73 bits per heavy atom. The van der Waals surface area contributed by atoms with Crippen LogP contribution in [0.4, 0.5) is 9.93 Å². The fourth-order valence-corrected chi connectivity index (χ4v) is 3.47. The number of nitrogens with zero attached hydrogens (tertiary/aromatic N) is 4. The average molecular weight is 366 g/mol. The summed E-state index contributed by atoms with van der Waals surface area (Å²) in [5, 5.41) is 14.6. The molecule has 26 heavy (non-hydrogen) atoms. The van der Waals surface area contributed by atoms with Crippen molar-refractivity contribution in [1.82, 2.24) is 25.3 Å². The standard InChI is InChI=1S/C18H18N6OS/c1-18(2,3)21-16(25)20-17-19-13-10-11(8-9-15(13)26-17)24-14-7-5-4-6-12(14)22-23-24/h4-10H,1-3H3,(H2,19,20,21,25). The van der Waals surface area contributed by atoms with E-state index in [0.29, 0.717) is 5.13 Å². The molecule has 2 N–H and O–H groups in total. The van der Waals surface area contributed by atoms with Crippen LogP contribution in [0.3, 0.4) is 0 Å². The number of carbonyl (C=O) groups is 1. The van der Waals surface area contributed by atoms with Gasteiger partial charge in [-0.3, -0.25) is 5.32 Å². The Balaban J connectivity index is 1.65. The van der Waals surface area contributed by atoms with E-state index in [1.54, 1.807) is 4.68 Å². The quantitative estimate of drug-likeness (QED) is 0.562. The summed E-state index contributed by atoms with van der Waals surface area (Å²) in [5.41, 5.74) is 3.15. The molecule has 0 spiro atoms. The van der Waals surface area contributed by atoms with E-state index >= 15 is 0 Å². The Morgan fingerprint density at radius 2 is 1.92 bits per heavy atom. The number of hydrogen-bond acceptors (Lipinski definition) is 5. The lowest BCUT2D eigenvalue weighted by Crippen LogP contribution is -2.43. The molecule has 0 fully saturated rings. The monoisotopic (exact) mass is 366 g/mol. The first kappa shape index (κ1) is 16.5. The van der Waals surface area contributed by atoms with Crippen molar-refractivity contribution in [3.05, 3.63) is 42.5 Å². The number of fused-ring (bicyclic) bond motifs is 2. The van der Waals surface area contributed by atoms with Gasteiger partial charge in [0.15, 0.2) is 5.13 Å². The zero-order valence-electron chi connectivity index (χ0n) is 14.6. The van der Waals surface area contributed by atoms with Gasteiger partial charge in [0.2, 0.25) is 0 Å². The summed E-state index contributed by atoms with van der Waals surface area (Å²) >= 11 is 1.43. The Kier molecular flexibility index (Phi) is 3.84. The summed E-state index contributed by atoms with van der Waals surface area (Å²) in [6.07, 6.45) is 0. The van der Waals surface area contributed by atoms with Crippen LogP contribution in [0.15, 0.2) is 42.5 Å². The van der Waals surface area contributed by atoms with E-state index in [1.807, 2.05) is 63.2 Å². The van der Waals surface area contributed by atoms with Crippen molar-refractivity contribution in [3.8, 4) is 5.69 Å². The zero-order valence-corrected chi connectivity index (χ0v) is 15.5. The van der Waals surface area contributed by atoms with E-state index < -0.39 is 0 Å². The minimum Gasteiger partial charge on any atom is -0.333 e. The van der Waals surface area contributed by atoms with E-state index in [4.69, 9.17) is 0 Å².